The van der Waals surface area contributed by atoms with Crippen molar-refractivity contribution in [1.82, 2.24) is 0 Å². The number of carboxylic acid groups (broad SMARTS) is 1. The number of ether oxygens (including phenoxy) is 2. The molecule has 0 aliphatic rings. The fraction of sp³-hybridized carbons (Fsp3) is 0.345. The van der Waals surface area contributed by atoms with Crippen LogP contribution in [0.4, 0.5) is 8.78 Å². The maximum absolute atomic E-state index is 14.7. The Morgan fingerprint density at radius 3 is 2.31 bits per heavy atom. The molecule has 186 valence electrons. The normalized spacial score (nSPS) is 12.3. The molecule has 0 heterocycles. The van der Waals surface area contributed by atoms with Crippen molar-refractivity contribution in [3.8, 4) is 22.6 Å². The van der Waals surface area contributed by atoms with E-state index in [1.54, 1.807) is 31.4 Å². The maximum atomic E-state index is 14.7. The number of carboxylic acids is 1. The smallest absolute Gasteiger partial charge is 0.303 e. The van der Waals surface area contributed by atoms with E-state index in [9.17, 15) is 13.6 Å². The summed E-state index contributed by atoms with van der Waals surface area (Å²) in [5.74, 6) is -1.33. The van der Waals surface area contributed by atoms with Gasteiger partial charge in [0.2, 0.25) is 0 Å². The third-order valence-electron chi connectivity index (χ3n) is 6.09. The first-order valence-corrected chi connectivity index (χ1v) is 11.6. The van der Waals surface area contributed by atoms with Crippen molar-refractivity contribution in [1.29, 1.82) is 0 Å². The molecule has 3 aromatic carbocycles. The quantitative estimate of drug-likeness (QED) is 0.343. The van der Waals surface area contributed by atoms with Gasteiger partial charge in [0.1, 0.15) is 18.2 Å². The van der Waals surface area contributed by atoms with Crippen LogP contribution >= 0.6 is 0 Å². The average Bonchev–Trinajstić information content (AvgIpc) is 2.81. The zero-order chi connectivity index (χ0) is 25.8. The van der Waals surface area contributed by atoms with Crippen LogP contribution in [0.1, 0.15) is 63.1 Å². The molecule has 0 aliphatic heterocycles. The summed E-state index contributed by atoms with van der Waals surface area (Å²) in [5.41, 5.74) is 3.37. The van der Waals surface area contributed by atoms with E-state index in [2.05, 4.69) is 0 Å². The summed E-state index contributed by atoms with van der Waals surface area (Å²) in [6.45, 7) is 8.15. The predicted octanol–water partition coefficient (Wildman–Crippen LogP) is 7.49. The first-order chi connectivity index (χ1) is 16.5. The Labute approximate surface area is 205 Å². The average molecular weight is 483 g/mol. The minimum atomic E-state index is -0.897. The van der Waals surface area contributed by atoms with Crippen molar-refractivity contribution in [2.75, 3.05) is 7.11 Å². The standard InChI is InChI=1S/C29H32F2O4/c1-6-19(15-28(32)33)20-8-11-26(31)27(14-20)35-17-18-7-10-22(24(13-18)29(2,3)4)23-16-21(34-5)9-12-25(23)30/h7-14,16,19H,6,15,17H2,1-5H3,(H,32,33)/t19-/m1/s1. The van der Waals surface area contributed by atoms with Gasteiger partial charge in [-0.1, -0.05) is 52.0 Å². The lowest BCUT2D eigenvalue weighted by Crippen LogP contribution is -2.14. The van der Waals surface area contributed by atoms with E-state index < -0.39 is 11.8 Å². The van der Waals surface area contributed by atoms with E-state index in [4.69, 9.17) is 14.6 Å². The molecule has 0 saturated carbocycles. The first kappa shape index (κ1) is 26.2. The van der Waals surface area contributed by atoms with E-state index in [0.717, 1.165) is 22.3 Å². The van der Waals surface area contributed by atoms with Crippen LogP contribution in [0.15, 0.2) is 54.6 Å². The Bertz CT molecular complexity index is 1200. The highest BCUT2D eigenvalue weighted by molar-refractivity contribution is 5.71. The fourth-order valence-electron chi connectivity index (χ4n) is 4.13. The molecule has 3 aromatic rings. The third kappa shape index (κ3) is 6.38. The van der Waals surface area contributed by atoms with Gasteiger partial charge in [0.05, 0.1) is 13.5 Å². The van der Waals surface area contributed by atoms with Crippen molar-refractivity contribution in [2.45, 2.75) is 58.5 Å². The summed E-state index contributed by atoms with van der Waals surface area (Å²) < 4.78 is 40.3. The molecule has 0 fully saturated rings. The summed E-state index contributed by atoms with van der Waals surface area (Å²) in [7, 11) is 1.54. The molecule has 0 radical (unpaired) electrons. The minimum Gasteiger partial charge on any atom is -0.497 e. The molecule has 3 rings (SSSR count). The number of aliphatic carboxylic acids is 1. The van der Waals surface area contributed by atoms with Crippen LogP contribution in [-0.2, 0) is 16.8 Å². The number of hydrogen-bond acceptors (Lipinski definition) is 3. The molecule has 1 N–H and O–H groups in total. The van der Waals surface area contributed by atoms with Gasteiger partial charge in [-0.2, -0.15) is 0 Å². The van der Waals surface area contributed by atoms with Crippen LogP contribution in [-0.4, -0.2) is 18.2 Å². The summed E-state index contributed by atoms with van der Waals surface area (Å²) in [6, 6.07) is 14.8. The molecule has 0 aromatic heterocycles. The SMILES string of the molecule is CC[C@H](CC(=O)O)c1ccc(F)c(OCc2ccc(-c3cc(OC)ccc3F)c(C(C)(C)C)c2)c1. The molecule has 6 heteroatoms. The van der Waals surface area contributed by atoms with Crippen molar-refractivity contribution in [3.63, 3.8) is 0 Å². The molecule has 35 heavy (non-hydrogen) atoms. The van der Waals surface area contributed by atoms with Crippen molar-refractivity contribution in [3.05, 3.63) is 82.9 Å². The maximum Gasteiger partial charge on any atom is 0.303 e. The number of benzene rings is 3. The molecule has 1 atom stereocenters. The van der Waals surface area contributed by atoms with Gasteiger partial charge in [-0.15, -0.1) is 0 Å². The topological polar surface area (TPSA) is 55.8 Å². The van der Waals surface area contributed by atoms with Crippen LogP contribution in [0.2, 0.25) is 0 Å². The van der Waals surface area contributed by atoms with Gasteiger partial charge in [-0.25, -0.2) is 8.78 Å². The molecule has 0 unspecified atom stereocenters. The number of methoxy groups -OCH3 is 1. The Morgan fingerprint density at radius 1 is 0.971 bits per heavy atom. The highest BCUT2D eigenvalue weighted by atomic mass is 19.1. The second-order valence-corrected chi connectivity index (χ2v) is 9.66. The Balaban J connectivity index is 1.91. The molecule has 0 spiro atoms. The zero-order valence-corrected chi connectivity index (χ0v) is 20.8. The molecule has 4 nitrogen and oxygen atoms in total. The van der Waals surface area contributed by atoms with Crippen molar-refractivity contribution >= 4 is 5.97 Å². The lowest BCUT2D eigenvalue weighted by atomic mass is 9.81. The van der Waals surface area contributed by atoms with E-state index in [-0.39, 0.29) is 35.9 Å². The fourth-order valence-corrected chi connectivity index (χ4v) is 4.13. The van der Waals surface area contributed by atoms with Gasteiger partial charge in [-0.05, 0) is 70.3 Å². The molecular weight excluding hydrogens is 450 g/mol. The van der Waals surface area contributed by atoms with E-state index in [0.29, 0.717) is 17.7 Å². The largest absolute Gasteiger partial charge is 0.497 e. The number of rotatable bonds is 9. The first-order valence-electron chi connectivity index (χ1n) is 11.6. The summed E-state index contributed by atoms with van der Waals surface area (Å²) in [6.07, 6.45) is 0.591. The van der Waals surface area contributed by atoms with Gasteiger partial charge in [-0.3, -0.25) is 4.79 Å². The highest BCUT2D eigenvalue weighted by Crippen LogP contribution is 2.37. The van der Waals surface area contributed by atoms with E-state index >= 15 is 0 Å². The van der Waals surface area contributed by atoms with E-state index in [1.807, 2.05) is 45.9 Å². The zero-order valence-electron chi connectivity index (χ0n) is 20.8. The molecule has 0 amide bonds. The minimum absolute atomic E-state index is 0.0290. The molecule has 0 saturated heterocycles. The lowest BCUT2D eigenvalue weighted by Gasteiger charge is -2.25. The molecule has 0 aliphatic carbocycles. The monoisotopic (exact) mass is 482 g/mol. The second kappa shape index (κ2) is 10.9. The summed E-state index contributed by atoms with van der Waals surface area (Å²) in [4.78, 5) is 11.2. The van der Waals surface area contributed by atoms with Crippen LogP contribution in [0.25, 0.3) is 11.1 Å². The summed E-state index contributed by atoms with van der Waals surface area (Å²) in [5, 5.41) is 9.16. The van der Waals surface area contributed by atoms with Crippen LogP contribution in [0.5, 0.6) is 11.5 Å². The summed E-state index contributed by atoms with van der Waals surface area (Å²) >= 11 is 0. The number of halogens is 2. The van der Waals surface area contributed by atoms with Gasteiger partial charge in [0, 0.05) is 5.56 Å². The van der Waals surface area contributed by atoms with Gasteiger partial charge >= 0.3 is 5.97 Å². The molecule has 0 bridgehead atoms. The van der Waals surface area contributed by atoms with Crippen LogP contribution in [0.3, 0.4) is 0 Å². The van der Waals surface area contributed by atoms with E-state index in [1.165, 1.54) is 12.1 Å². The molecular formula is C29H32F2O4. The van der Waals surface area contributed by atoms with Gasteiger partial charge in [0.15, 0.2) is 11.6 Å². The number of hydrogen-bond donors (Lipinski definition) is 1. The second-order valence-electron chi connectivity index (χ2n) is 9.66. The van der Waals surface area contributed by atoms with Crippen LogP contribution in [0, 0.1) is 11.6 Å². The van der Waals surface area contributed by atoms with Gasteiger partial charge in [0.25, 0.3) is 0 Å². The van der Waals surface area contributed by atoms with Crippen LogP contribution < -0.4 is 9.47 Å². The van der Waals surface area contributed by atoms with Crippen molar-refractivity contribution in [2.24, 2.45) is 0 Å². The number of carbonyl (C=O) groups is 1. The van der Waals surface area contributed by atoms with Gasteiger partial charge < -0.3 is 14.6 Å². The Hall–Kier alpha value is -3.41. The highest BCUT2D eigenvalue weighted by Gasteiger charge is 2.22. The van der Waals surface area contributed by atoms with Crippen molar-refractivity contribution < 1.29 is 28.2 Å². The Morgan fingerprint density at radius 2 is 1.69 bits per heavy atom. The third-order valence-corrected chi connectivity index (χ3v) is 6.09. The Kier molecular flexibility index (Phi) is 8.15. The predicted molar refractivity (Wildman–Crippen MR) is 133 cm³/mol. The lowest BCUT2D eigenvalue weighted by molar-refractivity contribution is -0.137.